The van der Waals surface area contributed by atoms with Crippen molar-refractivity contribution in [2.75, 3.05) is 18.6 Å². The molecule has 1 unspecified atom stereocenters. The maximum absolute atomic E-state index is 3.42. The van der Waals surface area contributed by atoms with Gasteiger partial charge in [-0.3, -0.25) is 0 Å². The third kappa shape index (κ3) is 3.81. The summed E-state index contributed by atoms with van der Waals surface area (Å²) in [6.45, 7) is 4.58. The highest BCUT2D eigenvalue weighted by Crippen LogP contribution is 2.33. The molecule has 1 nitrogen and oxygen atoms in total. The second kappa shape index (κ2) is 5.13. The number of nitrogens with one attached hydrogen (secondary N) is 1. The van der Waals surface area contributed by atoms with Crippen molar-refractivity contribution < 1.29 is 0 Å². The van der Waals surface area contributed by atoms with Crippen LogP contribution < -0.4 is 5.32 Å². The van der Waals surface area contributed by atoms with Gasteiger partial charge in [-0.25, -0.2) is 0 Å². The van der Waals surface area contributed by atoms with Gasteiger partial charge in [0.25, 0.3) is 0 Å². The van der Waals surface area contributed by atoms with E-state index in [2.05, 4.69) is 38.0 Å². The van der Waals surface area contributed by atoms with Gasteiger partial charge in [-0.1, -0.05) is 13.8 Å². The molecule has 0 aromatic rings. The maximum Gasteiger partial charge on any atom is 0.0183 e. The Morgan fingerprint density at radius 2 is 2.00 bits per heavy atom. The number of hydrogen-bond acceptors (Lipinski definition) is 2. The Kier molecular flexibility index (Phi) is 4.44. The average Bonchev–Trinajstić information content (AvgIpc) is 2.80. The molecule has 1 saturated carbocycles. The van der Waals surface area contributed by atoms with Crippen LogP contribution in [0.1, 0.15) is 26.7 Å². The zero-order valence-electron chi connectivity index (χ0n) is 8.47. The van der Waals surface area contributed by atoms with Crippen LogP contribution in [0.2, 0.25) is 0 Å². The third-order valence-corrected chi connectivity index (χ3v) is 3.81. The van der Waals surface area contributed by atoms with Gasteiger partial charge in [0, 0.05) is 11.8 Å². The molecule has 0 spiro atoms. The molecule has 0 aliphatic heterocycles. The fraction of sp³-hybridized carbons (Fsp3) is 1.00. The highest BCUT2D eigenvalue weighted by atomic mass is 32.2. The Morgan fingerprint density at radius 3 is 2.42 bits per heavy atom. The van der Waals surface area contributed by atoms with Crippen LogP contribution in [0.3, 0.4) is 0 Å². The Morgan fingerprint density at radius 1 is 1.33 bits per heavy atom. The lowest BCUT2D eigenvalue weighted by molar-refractivity contribution is 0.553. The van der Waals surface area contributed by atoms with Gasteiger partial charge < -0.3 is 5.32 Å². The first-order chi connectivity index (χ1) is 5.74. The smallest absolute Gasteiger partial charge is 0.0183 e. The summed E-state index contributed by atoms with van der Waals surface area (Å²) >= 11 is 2.10. The number of thioether (sulfide) groups is 1. The molecule has 1 aliphatic rings. The van der Waals surface area contributed by atoms with Crippen LogP contribution in [-0.2, 0) is 0 Å². The molecule has 1 fully saturated rings. The summed E-state index contributed by atoms with van der Waals surface area (Å²) in [6, 6.07) is 0.786. The van der Waals surface area contributed by atoms with E-state index in [0.717, 1.165) is 17.9 Å². The average molecular weight is 187 g/mol. The summed E-state index contributed by atoms with van der Waals surface area (Å²) in [5, 5.41) is 3.42. The van der Waals surface area contributed by atoms with Crippen LogP contribution in [-0.4, -0.2) is 24.6 Å². The number of rotatable bonds is 6. The van der Waals surface area contributed by atoms with E-state index in [1.165, 1.54) is 24.3 Å². The minimum Gasteiger partial charge on any atom is -0.316 e. The summed E-state index contributed by atoms with van der Waals surface area (Å²) in [4.78, 5) is 0. The minimum atomic E-state index is 0.786. The molecule has 1 aliphatic carbocycles. The van der Waals surface area contributed by atoms with Crippen molar-refractivity contribution in [1.82, 2.24) is 5.32 Å². The van der Waals surface area contributed by atoms with Crippen molar-refractivity contribution in [1.29, 1.82) is 0 Å². The van der Waals surface area contributed by atoms with Crippen LogP contribution in [0.25, 0.3) is 0 Å². The molecule has 1 N–H and O–H groups in total. The summed E-state index contributed by atoms with van der Waals surface area (Å²) in [5.41, 5.74) is 0. The van der Waals surface area contributed by atoms with E-state index in [1.54, 1.807) is 0 Å². The first kappa shape index (κ1) is 10.4. The van der Waals surface area contributed by atoms with Crippen LogP contribution in [0, 0.1) is 11.8 Å². The summed E-state index contributed by atoms with van der Waals surface area (Å²) in [6.07, 6.45) is 2.90. The van der Waals surface area contributed by atoms with E-state index in [0.29, 0.717) is 0 Å². The molecule has 0 radical (unpaired) electrons. The highest BCUT2D eigenvalue weighted by Gasteiger charge is 2.29. The van der Waals surface area contributed by atoms with Crippen molar-refractivity contribution >= 4 is 11.8 Å². The number of hydrogen-bond donors (Lipinski definition) is 1. The quantitative estimate of drug-likeness (QED) is 0.685. The van der Waals surface area contributed by atoms with Crippen LogP contribution in [0.5, 0.6) is 0 Å². The standard InChI is InChI=1S/C10H21NS/c1-8(2)6-12-7-10(11-3)9-4-5-9/h8-11H,4-7H2,1-3H3. The zero-order valence-corrected chi connectivity index (χ0v) is 9.29. The predicted molar refractivity (Wildman–Crippen MR) is 57.7 cm³/mol. The fourth-order valence-electron chi connectivity index (χ4n) is 1.38. The largest absolute Gasteiger partial charge is 0.316 e. The Labute approximate surface area is 80.7 Å². The minimum absolute atomic E-state index is 0.786. The summed E-state index contributed by atoms with van der Waals surface area (Å²) in [7, 11) is 2.10. The Bertz CT molecular complexity index is 121. The van der Waals surface area contributed by atoms with Gasteiger partial charge in [0.05, 0.1) is 0 Å². The van der Waals surface area contributed by atoms with E-state index in [-0.39, 0.29) is 0 Å². The van der Waals surface area contributed by atoms with Crippen LogP contribution in [0.15, 0.2) is 0 Å². The Hall–Kier alpha value is 0.310. The topological polar surface area (TPSA) is 12.0 Å². The second-order valence-corrected chi connectivity index (χ2v) is 5.24. The maximum atomic E-state index is 3.42. The van der Waals surface area contributed by atoms with Gasteiger partial charge >= 0.3 is 0 Å². The molecule has 1 rings (SSSR count). The fourth-order valence-corrected chi connectivity index (χ4v) is 2.68. The molecular weight excluding hydrogens is 166 g/mol. The van der Waals surface area contributed by atoms with E-state index in [1.807, 2.05) is 0 Å². The zero-order chi connectivity index (χ0) is 8.97. The van der Waals surface area contributed by atoms with Crippen molar-refractivity contribution in [2.24, 2.45) is 11.8 Å². The molecule has 1 atom stereocenters. The molecule has 2 heteroatoms. The molecular formula is C10H21NS. The SMILES string of the molecule is CNC(CSCC(C)C)C1CC1. The van der Waals surface area contributed by atoms with Crippen LogP contribution in [0.4, 0.5) is 0 Å². The first-order valence-corrected chi connectivity index (χ1v) is 6.14. The molecule has 0 aromatic carbocycles. The molecule has 0 amide bonds. The van der Waals surface area contributed by atoms with Gasteiger partial charge in [0.1, 0.15) is 0 Å². The van der Waals surface area contributed by atoms with Crippen LogP contribution >= 0.6 is 11.8 Å². The third-order valence-electron chi connectivity index (χ3n) is 2.31. The lowest BCUT2D eigenvalue weighted by atomic mass is 10.2. The van der Waals surface area contributed by atoms with Gasteiger partial charge in [-0.2, -0.15) is 11.8 Å². The molecule has 12 heavy (non-hydrogen) atoms. The van der Waals surface area contributed by atoms with E-state index in [9.17, 15) is 0 Å². The van der Waals surface area contributed by atoms with E-state index < -0.39 is 0 Å². The lowest BCUT2D eigenvalue weighted by Gasteiger charge is -2.15. The Balaban J connectivity index is 2.02. The normalized spacial score (nSPS) is 20.0. The summed E-state index contributed by atoms with van der Waals surface area (Å²) in [5.74, 6) is 4.45. The lowest BCUT2D eigenvalue weighted by Crippen LogP contribution is -2.30. The van der Waals surface area contributed by atoms with Crippen molar-refractivity contribution in [3.63, 3.8) is 0 Å². The first-order valence-electron chi connectivity index (χ1n) is 4.99. The van der Waals surface area contributed by atoms with Gasteiger partial charge in [0.15, 0.2) is 0 Å². The van der Waals surface area contributed by atoms with Gasteiger partial charge in [-0.05, 0) is 37.5 Å². The van der Waals surface area contributed by atoms with Gasteiger partial charge in [-0.15, -0.1) is 0 Å². The van der Waals surface area contributed by atoms with E-state index >= 15 is 0 Å². The molecule has 0 aromatic heterocycles. The molecule has 72 valence electrons. The highest BCUT2D eigenvalue weighted by molar-refractivity contribution is 7.99. The van der Waals surface area contributed by atoms with Gasteiger partial charge in [0.2, 0.25) is 0 Å². The predicted octanol–water partition coefficient (Wildman–Crippen LogP) is 2.37. The van der Waals surface area contributed by atoms with Crippen molar-refractivity contribution in [2.45, 2.75) is 32.7 Å². The summed E-state index contributed by atoms with van der Waals surface area (Å²) < 4.78 is 0. The molecule has 0 heterocycles. The monoisotopic (exact) mass is 187 g/mol. The molecule has 0 saturated heterocycles. The van der Waals surface area contributed by atoms with Crippen molar-refractivity contribution in [3.05, 3.63) is 0 Å². The second-order valence-electron chi connectivity index (χ2n) is 4.16. The molecule has 0 bridgehead atoms. The van der Waals surface area contributed by atoms with Crippen molar-refractivity contribution in [3.8, 4) is 0 Å². The van der Waals surface area contributed by atoms with E-state index in [4.69, 9.17) is 0 Å².